The third kappa shape index (κ3) is 4.81. The highest BCUT2D eigenvalue weighted by atomic mass is 16.3. The van der Waals surface area contributed by atoms with E-state index in [0.717, 1.165) is 24.9 Å². The van der Waals surface area contributed by atoms with E-state index in [9.17, 15) is 9.90 Å². The molecule has 5 heteroatoms. The van der Waals surface area contributed by atoms with Crippen LogP contribution in [0, 0.1) is 5.92 Å². The van der Waals surface area contributed by atoms with Gasteiger partial charge in [-0.3, -0.25) is 9.69 Å². The van der Waals surface area contributed by atoms with Crippen molar-refractivity contribution in [2.75, 3.05) is 19.6 Å². The summed E-state index contributed by atoms with van der Waals surface area (Å²) in [5.74, 6) is -0.348. The molecule has 1 aromatic carbocycles. The number of amides is 1. The number of nitrogens with two attached hydrogens (primary N) is 2. The van der Waals surface area contributed by atoms with Gasteiger partial charge >= 0.3 is 0 Å². The van der Waals surface area contributed by atoms with Crippen molar-refractivity contribution >= 4 is 5.91 Å². The van der Waals surface area contributed by atoms with Crippen molar-refractivity contribution in [2.45, 2.75) is 31.4 Å². The Morgan fingerprint density at radius 3 is 2.76 bits per heavy atom. The van der Waals surface area contributed by atoms with Gasteiger partial charge in [-0.25, -0.2) is 0 Å². The zero-order valence-corrected chi connectivity index (χ0v) is 12.3. The number of hydrogen-bond acceptors (Lipinski definition) is 4. The van der Waals surface area contributed by atoms with Crippen LogP contribution in [-0.4, -0.2) is 47.7 Å². The van der Waals surface area contributed by atoms with Crippen LogP contribution >= 0.6 is 0 Å². The number of rotatable bonds is 6. The van der Waals surface area contributed by atoms with E-state index in [4.69, 9.17) is 11.5 Å². The molecule has 3 unspecified atom stereocenters. The van der Waals surface area contributed by atoms with Gasteiger partial charge in [0, 0.05) is 19.1 Å². The average molecular weight is 291 g/mol. The zero-order chi connectivity index (χ0) is 15.2. The maximum Gasteiger partial charge on any atom is 0.221 e. The lowest BCUT2D eigenvalue weighted by atomic mass is 9.96. The van der Waals surface area contributed by atoms with Crippen LogP contribution in [0.1, 0.15) is 18.4 Å². The Morgan fingerprint density at radius 2 is 2.10 bits per heavy atom. The predicted molar refractivity (Wildman–Crippen MR) is 82.5 cm³/mol. The second-order valence-corrected chi connectivity index (χ2v) is 5.92. The van der Waals surface area contributed by atoms with Gasteiger partial charge in [0.1, 0.15) is 0 Å². The van der Waals surface area contributed by atoms with Crippen molar-refractivity contribution in [3.05, 3.63) is 35.9 Å². The van der Waals surface area contributed by atoms with Gasteiger partial charge in [0.2, 0.25) is 5.91 Å². The Kier molecular flexibility index (Phi) is 5.73. The lowest BCUT2D eigenvalue weighted by molar-refractivity contribution is -0.123. The Bertz CT molecular complexity index is 452. The molecular formula is C16H25N3O2. The summed E-state index contributed by atoms with van der Waals surface area (Å²) in [5, 5.41) is 10.3. The smallest absolute Gasteiger partial charge is 0.221 e. The molecule has 0 aliphatic carbocycles. The predicted octanol–water partition coefficient (Wildman–Crippen LogP) is 0.115. The number of aliphatic hydroxyl groups is 1. The summed E-state index contributed by atoms with van der Waals surface area (Å²) < 4.78 is 0. The lowest BCUT2D eigenvalue weighted by Gasteiger charge is -2.33. The molecule has 1 heterocycles. The summed E-state index contributed by atoms with van der Waals surface area (Å²) in [6.45, 7) is 2.02. The Labute approximate surface area is 125 Å². The first kappa shape index (κ1) is 15.9. The van der Waals surface area contributed by atoms with E-state index >= 15 is 0 Å². The van der Waals surface area contributed by atoms with E-state index in [1.165, 1.54) is 0 Å². The van der Waals surface area contributed by atoms with Gasteiger partial charge < -0.3 is 16.6 Å². The summed E-state index contributed by atoms with van der Waals surface area (Å²) in [4.78, 5) is 13.4. The number of nitrogens with zero attached hydrogens (tertiary/aromatic N) is 1. The van der Waals surface area contributed by atoms with E-state index in [-0.39, 0.29) is 17.9 Å². The van der Waals surface area contributed by atoms with Gasteiger partial charge in [0.25, 0.3) is 0 Å². The van der Waals surface area contributed by atoms with Crippen molar-refractivity contribution < 1.29 is 9.90 Å². The highest BCUT2D eigenvalue weighted by Crippen LogP contribution is 2.17. The molecule has 1 saturated heterocycles. The summed E-state index contributed by atoms with van der Waals surface area (Å²) in [5.41, 5.74) is 12.6. The Morgan fingerprint density at radius 1 is 1.38 bits per heavy atom. The van der Waals surface area contributed by atoms with Crippen LogP contribution in [0.4, 0.5) is 0 Å². The normalized spacial score (nSPS) is 22.7. The van der Waals surface area contributed by atoms with Crippen molar-refractivity contribution in [3.63, 3.8) is 0 Å². The number of hydrogen-bond donors (Lipinski definition) is 3. The molecule has 1 fully saturated rings. The molecule has 21 heavy (non-hydrogen) atoms. The van der Waals surface area contributed by atoms with Crippen LogP contribution in [0.2, 0.25) is 0 Å². The van der Waals surface area contributed by atoms with Crippen molar-refractivity contribution in [1.29, 1.82) is 0 Å². The molecule has 116 valence electrons. The van der Waals surface area contributed by atoms with Gasteiger partial charge in [0.15, 0.2) is 0 Å². The van der Waals surface area contributed by atoms with E-state index < -0.39 is 6.10 Å². The minimum absolute atomic E-state index is 0.101. The Hall–Kier alpha value is -1.43. The maximum atomic E-state index is 11.3. The van der Waals surface area contributed by atoms with E-state index in [1.807, 2.05) is 30.3 Å². The molecule has 1 aliphatic rings. The van der Waals surface area contributed by atoms with E-state index in [1.54, 1.807) is 0 Å². The van der Waals surface area contributed by atoms with Gasteiger partial charge in [-0.1, -0.05) is 30.3 Å². The molecular weight excluding hydrogens is 266 g/mol. The highest BCUT2D eigenvalue weighted by Gasteiger charge is 2.26. The topological polar surface area (TPSA) is 92.6 Å². The fourth-order valence-corrected chi connectivity index (χ4v) is 2.88. The number of aliphatic hydroxyl groups excluding tert-OH is 1. The van der Waals surface area contributed by atoms with Crippen LogP contribution in [0.3, 0.4) is 0 Å². The molecule has 1 aliphatic heterocycles. The summed E-state index contributed by atoms with van der Waals surface area (Å²) >= 11 is 0. The number of carbonyl (C=O) groups is 1. The molecule has 5 N–H and O–H groups in total. The fourth-order valence-electron chi connectivity index (χ4n) is 2.88. The number of carbonyl (C=O) groups excluding carboxylic acids is 1. The molecule has 0 radical (unpaired) electrons. The van der Waals surface area contributed by atoms with Gasteiger partial charge in [-0.2, -0.15) is 0 Å². The van der Waals surface area contributed by atoms with Crippen molar-refractivity contribution in [3.8, 4) is 0 Å². The summed E-state index contributed by atoms with van der Waals surface area (Å²) in [6, 6.07) is 9.62. The largest absolute Gasteiger partial charge is 0.390 e. The minimum Gasteiger partial charge on any atom is -0.390 e. The van der Waals surface area contributed by atoms with Crippen LogP contribution < -0.4 is 11.5 Å². The van der Waals surface area contributed by atoms with Crippen LogP contribution in [0.15, 0.2) is 30.3 Å². The monoisotopic (exact) mass is 291 g/mol. The molecule has 0 spiro atoms. The van der Waals surface area contributed by atoms with Crippen molar-refractivity contribution in [1.82, 2.24) is 4.90 Å². The van der Waals surface area contributed by atoms with Crippen LogP contribution in [0.5, 0.6) is 0 Å². The maximum absolute atomic E-state index is 11.3. The first-order valence-electron chi connectivity index (χ1n) is 7.55. The van der Waals surface area contributed by atoms with E-state index in [2.05, 4.69) is 4.90 Å². The molecule has 1 amide bonds. The van der Waals surface area contributed by atoms with Crippen LogP contribution in [0.25, 0.3) is 0 Å². The third-order valence-electron chi connectivity index (χ3n) is 4.16. The molecule has 0 saturated carbocycles. The fraction of sp³-hybridized carbons (Fsp3) is 0.562. The molecule has 2 rings (SSSR count). The number of β-amino-alcohol motifs (C(OH)–C–C–N with tert-alkyl or cyclic N) is 1. The second kappa shape index (κ2) is 7.54. The zero-order valence-electron chi connectivity index (χ0n) is 12.3. The lowest BCUT2D eigenvalue weighted by Crippen LogP contribution is -2.49. The van der Waals surface area contributed by atoms with Gasteiger partial charge in [0.05, 0.1) is 12.0 Å². The number of likely N-dealkylation sites (tertiary alicyclic amines) is 1. The van der Waals surface area contributed by atoms with Crippen LogP contribution in [-0.2, 0) is 11.2 Å². The SMILES string of the molecule is NC(=O)C1CCCN(CC(O)C(N)Cc2ccccc2)C1. The molecule has 5 nitrogen and oxygen atoms in total. The minimum atomic E-state index is -0.600. The Balaban J connectivity index is 1.83. The van der Waals surface area contributed by atoms with Gasteiger partial charge in [-0.05, 0) is 31.4 Å². The number of piperidine rings is 1. The quantitative estimate of drug-likeness (QED) is 0.694. The molecule has 1 aromatic rings. The highest BCUT2D eigenvalue weighted by molar-refractivity contribution is 5.76. The van der Waals surface area contributed by atoms with E-state index in [0.29, 0.717) is 19.5 Å². The summed E-state index contributed by atoms with van der Waals surface area (Å²) in [7, 11) is 0. The molecule has 0 aromatic heterocycles. The number of primary amides is 1. The molecule has 3 atom stereocenters. The standard InChI is InChI=1S/C16H25N3O2/c17-14(9-12-5-2-1-3-6-12)15(20)11-19-8-4-7-13(10-19)16(18)21/h1-3,5-6,13-15,20H,4,7-11,17H2,(H2,18,21). The third-order valence-corrected chi connectivity index (χ3v) is 4.16. The second-order valence-electron chi connectivity index (χ2n) is 5.92. The number of benzene rings is 1. The first-order chi connectivity index (χ1) is 10.1. The average Bonchev–Trinajstić information content (AvgIpc) is 2.48. The van der Waals surface area contributed by atoms with Gasteiger partial charge in [-0.15, -0.1) is 0 Å². The summed E-state index contributed by atoms with van der Waals surface area (Å²) in [6.07, 6.45) is 1.83. The first-order valence-corrected chi connectivity index (χ1v) is 7.55. The molecule has 0 bridgehead atoms. The van der Waals surface area contributed by atoms with Crippen molar-refractivity contribution in [2.24, 2.45) is 17.4 Å².